The van der Waals surface area contributed by atoms with Crippen molar-refractivity contribution in [1.29, 1.82) is 0 Å². The van der Waals surface area contributed by atoms with Gasteiger partial charge in [-0.1, -0.05) is 52.0 Å². The maximum atomic E-state index is 11.9. The van der Waals surface area contributed by atoms with Gasteiger partial charge >= 0.3 is 0 Å². The minimum atomic E-state index is -0.403. The normalized spacial score (nSPS) is 24.1. The van der Waals surface area contributed by atoms with Crippen molar-refractivity contribution < 1.29 is 9.08 Å². The van der Waals surface area contributed by atoms with Crippen molar-refractivity contribution in [2.75, 3.05) is 0 Å². The Morgan fingerprint density at radius 3 is 2.04 bits per heavy atom. The first kappa shape index (κ1) is 19.0. The van der Waals surface area contributed by atoms with E-state index in [1.807, 2.05) is 12.1 Å². The Morgan fingerprint density at radius 1 is 0.926 bits per heavy atom. The van der Waals surface area contributed by atoms with Crippen molar-refractivity contribution in [3.05, 3.63) is 69.8 Å². The molecule has 0 aliphatic heterocycles. The summed E-state index contributed by atoms with van der Waals surface area (Å²) in [5.41, 5.74) is 6.85. The average molecular weight is 403 g/mol. The van der Waals surface area contributed by atoms with Crippen molar-refractivity contribution >= 4 is 28.7 Å². The van der Waals surface area contributed by atoms with Crippen LogP contribution in [0.15, 0.2) is 36.4 Å². The molecule has 142 valence electrons. The zero-order valence-electron chi connectivity index (χ0n) is 16.2. The summed E-state index contributed by atoms with van der Waals surface area (Å²) in [5, 5.41) is -0.403. The molecule has 2 aliphatic rings. The number of hydrogen-bond acceptors (Lipinski definition) is 2. The van der Waals surface area contributed by atoms with Gasteiger partial charge in [0.25, 0.3) is 5.24 Å². The lowest BCUT2D eigenvalue weighted by molar-refractivity contribution is 0.108. The molecule has 0 heterocycles. The molecule has 0 radical (unpaired) electrons. The van der Waals surface area contributed by atoms with E-state index >= 15 is 0 Å². The van der Waals surface area contributed by atoms with Crippen molar-refractivity contribution in [2.24, 2.45) is 0 Å². The highest BCUT2D eigenvalue weighted by molar-refractivity contribution is 6.67. The van der Waals surface area contributed by atoms with E-state index in [0.29, 0.717) is 12.2 Å². The monoisotopic (exact) mass is 402 g/mol. The highest BCUT2D eigenvalue weighted by Gasteiger charge is 2.56. The highest BCUT2D eigenvalue weighted by Crippen LogP contribution is 2.62. The highest BCUT2D eigenvalue weighted by atomic mass is 35.5. The van der Waals surface area contributed by atoms with Crippen LogP contribution in [-0.2, 0) is 27.1 Å². The van der Waals surface area contributed by atoms with Gasteiger partial charge in [0.15, 0.2) is 0 Å². The number of benzene rings is 2. The fraction of sp³-hybridized carbons (Fsp3) is 0.435. The van der Waals surface area contributed by atoms with Gasteiger partial charge in [-0.25, -0.2) is 0 Å². The molecule has 2 nitrogen and oxygen atoms in total. The average Bonchev–Trinajstić information content (AvgIpc) is 2.95. The van der Waals surface area contributed by atoms with E-state index in [1.54, 1.807) is 0 Å². The van der Waals surface area contributed by atoms with Gasteiger partial charge in [-0.2, -0.15) is 0 Å². The maximum absolute atomic E-state index is 11.9. The lowest BCUT2D eigenvalue weighted by atomic mass is 9.72. The first-order chi connectivity index (χ1) is 12.6. The Kier molecular flexibility index (Phi) is 4.27. The summed E-state index contributed by atoms with van der Waals surface area (Å²) in [5.74, 6) is 0. The SMILES string of the molecule is CC1(C)CC2(CC(C)(C)c3ccc(C(=O)Cl)cc32)c2cc(COCl)ccc21. The van der Waals surface area contributed by atoms with Crippen LogP contribution in [-0.4, -0.2) is 5.24 Å². The zero-order chi connectivity index (χ0) is 19.6. The van der Waals surface area contributed by atoms with E-state index in [0.717, 1.165) is 18.4 Å². The molecular weight excluding hydrogens is 379 g/mol. The predicted octanol–water partition coefficient (Wildman–Crippen LogP) is 6.38. The summed E-state index contributed by atoms with van der Waals surface area (Å²) >= 11 is 11.3. The molecule has 4 heteroatoms. The van der Waals surface area contributed by atoms with Gasteiger partial charge in [0.05, 0.1) is 18.5 Å². The van der Waals surface area contributed by atoms with Crippen LogP contribution in [0.25, 0.3) is 0 Å². The smallest absolute Gasteiger partial charge is 0.252 e. The third kappa shape index (κ3) is 2.76. The predicted molar refractivity (Wildman–Crippen MR) is 110 cm³/mol. The summed E-state index contributed by atoms with van der Waals surface area (Å²) < 4.78 is 4.86. The summed E-state index contributed by atoms with van der Waals surface area (Å²) in [6.45, 7) is 9.57. The van der Waals surface area contributed by atoms with Crippen LogP contribution in [0.2, 0.25) is 0 Å². The van der Waals surface area contributed by atoms with Gasteiger partial charge in [0.2, 0.25) is 0 Å². The number of carbonyl (C=O) groups is 1. The zero-order valence-corrected chi connectivity index (χ0v) is 17.7. The second-order valence-corrected chi connectivity index (χ2v) is 9.93. The second-order valence-electron chi connectivity index (χ2n) is 9.37. The molecule has 0 N–H and O–H groups in total. The molecule has 0 saturated carbocycles. The Labute approximate surface area is 171 Å². The molecule has 0 fully saturated rings. The summed E-state index contributed by atoms with van der Waals surface area (Å²) in [6.07, 6.45) is 2.02. The van der Waals surface area contributed by atoms with E-state index < -0.39 is 5.24 Å². The molecule has 2 aromatic carbocycles. The van der Waals surface area contributed by atoms with Gasteiger partial charge in [-0.05, 0) is 75.2 Å². The summed E-state index contributed by atoms with van der Waals surface area (Å²) in [7, 11) is 0. The largest absolute Gasteiger partial charge is 0.276 e. The first-order valence-electron chi connectivity index (χ1n) is 9.33. The van der Waals surface area contributed by atoms with Crippen LogP contribution in [0, 0.1) is 0 Å². The van der Waals surface area contributed by atoms with Crippen molar-refractivity contribution in [3.63, 3.8) is 0 Å². The minimum absolute atomic E-state index is 0.0277. The van der Waals surface area contributed by atoms with Gasteiger partial charge in [-0.15, -0.1) is 0 Å². The Bertz CT molecular complexity index is 941. The molecule has 1 unspecified atom stereocenters. The van der Waals surface area contributed by atoms with Crippen LogP contribution >= 0.6 is 23.5 Å². The van der Waals surface area contributed by atoms with Gasteiger partial charge in [0, 0.05) is 11.0 Å². The van der Waals surface area contributed by atoms with Crippen molar-refractivity contribution in [3.8, 4) is 0 Å². The van der Waals surface area contributed by atoms with E-state index in [2.05, 4.69) is 52.0 Å². The van der Waals surface area contributed by atoms with Gasteiger partial charge in [0.1, 0.15) is 0 Å². The molecule has 1 spiro atoms. The molecule has 0 amide bonds. The fourth-order valence-electron chi connectivity index (χ4n) is 5.67. The Hall–Kier alpha value is -1.35. The van der Waals surface area contributed by atoms with Crippen LogP contribution in [0.5, 0.6) is 0 Å². The molecule has 0 bridgehead atoms. The summed E-state index contributed by atoms with van der Waals surface area (Å²) in [6, 6.07) is 12.5. The van der Waals surface area contributed by atoms with Gasteiger partial charge < -0.3 is 0 Å². The number of halogens is 2. The van der Waals surface area contributed by atoms with Crippen LogP contribution in [0.3, 0.4) is 0 Å². The first-order valence-corrected chi connectivity index (χ1v) is 10.0. The van der Waals surface area contributed by atoms with E-state index in [1.165, 1.54) is 22.3 Å². The molecule has 27 heavy (non-hydrogen) atoms. The molecule has 4 rings (SSSR count). The van der Waals surface area contributed by atoms with E-state index in [-0.39, 0.29) is 16.2 Å². The third-order valence-corrected chi connectivity index (χ3v) is 6.86. The number of fused-ring (bicyclic) bond motifs is 4. The van der Waals surface area contributed by atoms with E-state index in [9.17, 15) is 4.79 Å². The molecular formula is C23H24Cl2O2. The lowest BCUT2D eigenvalue weighted by Crippen LogP contribution is -2.27. The fourth-order valence-corrected chi connectivity index (χ4v) is 5.91. The maximum Gasteiger partial charge on any atom is 0.252 e. The summed E-state index contributed by atoms with van der Waals surface area (Å²) in [4.78, 5) is 11.9. The van der Waals surface area contributed by atoms with Crippen LogP contribution in [0.1, 0.15) is 78.7 Å². The molecule has 2 aliphatic carbocycles. The van der Waals surface area contributed by atoms with Crippen molar-refractivity contribution in [1.82, 2.24) is 0 Å². The molecule has 2 aromatic rings. The Morgan fingerprint density at radius 2 is 1.48 bits per heavy atom. The molecule has 0 aromatic heterocycles. The standard InChI is InChI=1S/C23H24Cl2O2/c1-21(2)12-23(18-9-14(11-27-25)5-7-16(18)21)13-22(3,4)17-8-6-15(20(24)26)10-19(17)23/h5-10H,11-13H2,1-4H3. The van der Waals surface area contributed by atoms with Gasteiger partial charge in [-0.3, -0.25) is 9.08 Å². The van der Waals surface area contributed by atoms with E-state index in [4.69, 9.17) is 27.8 Å². The third-order valence-electron chi connectivity index (χ3n) is 6.53. The number of carbonyl (C=O) groups excluding carboxylic acids is 1. The second kappa shape index (κ2) is 6.07. The lowest BCUT2D eigenvalue weighted by Gasteiger charge is -2.30. The van der Waals surface area contributed by atoms with Crippen LogP contribution in [0.4, 0.5) is 0 Å². The Balaban J connectivity index is 2.00. The quantitative estimate of drug-likeness (QED) is 0.556. The van der Waals surface area contributed by atoms with Crippen molar-refractivity contribution in [2.45, 2.75) is 63.4 Å². The van der Waals surface area contributed by atoms with Crippen LogP contribution < -0.4 is 0 Å². The number of rotatable bonds is 3. The minimum Gasteiger partial charge on any atom is -0.276 e. The molecule has 0 saturated heterocycles. The molecule has 1 atom stereocenters. The topological polar surface area (TPSA) is 26.3 Å². The number of hydrogen-bond donors (Lipinski definition) is 0.